The fraction of sp³-hybridized carbons (Fsp3) is 0.0833. The monoisotopic (exact) mass is 368 g/mol. The van der Waals surface area contributed by atoms with Gasteiger partial charge in [0.2, 0.25) is 5.88 Å². The molecule has 0 spiro atoms. The number of ether oxygens (including phenoxy) is 1. The molecule has 2 heterocycles. The predicted molar refractivity (Wildman–Crippen MR) is 81.8 cm³/mol. The summed E-state index contributed by atoms with van der Waals surface area (Å²) in [6, 6.07) is 4.30. The highest BCUT2D eigenvalue weighted by atomic mass is 79.9. The molecule has 0 saturated carbocycles. The normalized spacial score (nSPS) is 11.0. The van der Waals surface area contributed by atoms with Crippen LogP contribution in [0.25, 0.3) is 4.96 Å². The summed E-state index contributed by atoms with van der Waals surface area (Å²) in [6.45, 7) is 0.250. The Morgan fingerprint density at radius 1 is 1.52 bits per heavy atom. The van der Waals surface area contributed by atoms with Crippen LogP contribution in [-0.4, -0.2) is 14.3 Å². The highest BCUT2D eigenvalue weighted by Crippen LogP contribution is 2.34. The highest BCUT2D eigenvalue weighted by molar-refractivity contribution is 9.10. The van der Waals surface area contributed by atoms with Gasteiger partial charge in [-0.05, 0) is 22.0 Å². The van der Waals surface area contributed by atoms with Crippen molar-refractivity contribution in [2.24, 2.45) is 5.73 Å². The second-order valence-corrected chi connectivity index (χ2v) is 5.82. The van der Waals surface area contributed by atoms with Crippen molar-refractivity contribution < 1.29 is 9.66 Å². The van der Waals surface area contributed by atoms with Gasteiger partial charge in [-0.25, -0.2) is 0 Å². The summed E-state index contributed by atoms with van der Waals surface area (Å²) in [4.78, 5) is 15.5. The van der Waals surface area contributed by atoms with Gasteiger partial charge in [-0.15, -0.1) is 11.3 Å². The van der Waals surface area contributed by atoms with Crippen LogP contribution in [0.2, 0.25) is 0 Å². The van der Waals surface area contributed by atoms with Crippen molar-refractivity contribution in [3.63, 3.8) is 0 Å². The maximum Gasteiger partial charge on any atom is 0.273 e. The summed E-state index contributed by atoms with van der Waals surface area (Å²) in [5.41, 5.74) is 6.39. The van der Waals surface area contributed by atoms with Crippen LogP contribution in [0, 0.1) is 10.1 Å². The molecular formula is C12H9BrN4O3S. The Morgan fingerprint density at radius 2 is 2.33 bits per heavy atom. The van der Waals surface area contributed by atoms with Gasteiger partial charge in [-0.2, -0.15) is 4.98 Å². The molecule has 0 atom stereocenters. The van der Waals surface area contributed by atoms with Crippen LogP contribution < -0.4 is 10.5 Å². The number of hydrogen-bond donors (Lipinski definition) is 1. The Balaban J connectivity index is 2.03. The van der Waals surface area contributed by atoms with E-state index in [-0.39, 0.29) is 12.2 Å². The predicted octanol–water partition coefficient (Wildman–Crippen LogP) is 3.32. The summed E-state index contributed by atoms with van der Waals surface area (Å²) >= 11 is 4.76. The van der Waals surface area contributed by atoms with Crippen molar-refractivity contribution >= 4 is 37.9 Å². The van der Waals surface area contributed by atoms with Gasteiger partial charge in [0.1, 0.15) is 5.69 Å². The molecule has 3 rings (SSSR count). The smallest absolute Gasteiger partial charge is 0.273 e. The lowest BCUT2D eigenvalue weighted by Gasteiger charge is -2.06. The minimum absolute atomic E-state index is 0.0523. The van der Waals surface area contributed by atoms with Crippen LogP contribution in [0.3, 0.4) is 0 Å². The number of non-ortho nitro benzene ring substituents is 1. The third kappa shape index (κ3) is 2.50. The Hall–Kier alpha value is -1.97. The molecule has 21 heavy (non-hydrogen) atoms. The Labute approximate surface area is 131 Å². The Kier molecular flexibility index (Phi) is 3.62. The number of aromatic nitrogens is 2. The molecule has 0 unspecified atom stereocenters. The van der Waals surface area contributed by atoms with Crippen molar-refractivity contribution in [1.29, 1.82) is 0 Å². The first-order chi connectivity index (χ1) is 10.1. The lowest BCUT2D eigenvalue weighted by atomic mass is 10.3. The fourth-order valence-corrected chi connectivity index (χ4v) is 2.92. The second kappa shape index (κ2) is 5.43. The minimum Gasteiger partial charge on any atom is -0.436 e. The Bertz CT molecular complexity index is 829. The van der Waals surface area contributed by atoms with Gasteiger partial charge in [-0.3, -0.25) is 14.5 Å². The molecule has 0 amide bonds. The number of hydrogen-bond acceptors (Lipinski definition) is 6. The molecule has 0 saturated heterocycles. The molecule has 2 aromatic heterocycles. The summed E-state index contributed by atoms with van der Waals surface area (Å²) in [5.74, 6) is 0.676. The van der Waals surface area contributed by atoms with E-state index in [4.69, 9.17) is 10.5 Å². The molecule has 0 aliphatic carbocycles. The number of nitrogens with zero attached hydrogens (tertiary/aromatic N) is 3. The largest absolute Gasteiger partial charge is 0.436 e. The van der Waals surface area contributed by atoms with E-state index in [1.54, 1.807) is 6.07 Å². The first-order valence-electron chi connectivity index (χ1n) is 5.86. The molecule has 7 nitrogen and oxygen atoms in total. The molecule has 108 valence electrons. The molecule has 1 aromatic carbocycles. The van der Waals surface area contributed by atoms with E-state index >= 15 is 0 Å². The average molecular weight is 369 g/mol. The standard InChI is InChI=1S/C12H9BrN4O3S/c13-8-2-1-7(17(18)19)5-10(8)20-11-9(6-14)16-3-4-21-12(16)15-11/h1-5H,6,14H2. The molecule has 0 aliphatic heterocycles. The molecular weight excluding hydrogens is 360 g/mol. The van der Waals surface area contributed by atoms with Gasteiger partial charge >= 0.3 is 0 Å². The first-order valence-corrected chi connectivity index (χ1v) is 7.53. The number of imidazole rings is 1. The zero-order chi connectivity index (χ0) is 15.0. The van der Waals surface area contributed by atoms with E-state index in [0.29, 0.717) is 21.8 Å². The van der Waals surface area contributed by atoms with Gasteiger partial charge in [0.25, 0.3) is 5.69 Å². The third-order valence-corrected chi connectivity index (χ3v) is 4.26. The zero-order valence-electron chi connectivity index (χ0n) is 10.5. The lowest BCUT2D eigenvalue weighted by Crippen LogP contribution is -2.02. The zero-order valence-corrected chi connectivity index (χ0v) is 12.9. The van der Waals surface area contributed by atoms with Crippen molar-refractivity contribution in [3.05, 3.63) is 50.1 Å². The molecule has 3 aromatic rings. The average Bonchev–Trinajstić information content (AvgIpc) is 3.01. The number of benzene rings is 1. The number of thiazole rings is 1. The van der Waals surface area contributed by atoms with Crippen molar-refractivity contribution in [3.8, 4) is 11.6 Å². The first kappa shape index (κ1) is 14.0. The number of fused-ring (bicyclic) bond motifs is 1. The van der Waals surface area contributed by atoms with E-state index in [1.807, 2.05) is 16.0 Å². The number of rotatable bonds is 4. The minimum atomic E-state index is -0.477. The van der Waals surface area contributed by atoms with Crippen molar-refractivity contribution in [2.45, 2.75) is 6.54 Å². The topological polar surface area (TPSA) is 95.7 Å². The number of halogens is 1. The van der Waals surface area contributed by atoms with Gasteiger partial charge < -0.3 is 10.5 Å². The van der Waals surface area contributed by atoms with Crippen LogP contribution in [0.4, 0.5) is 5.69 Å². The van der Waals surface area contributed by atoms with Crippen molar-refractivity contribution in [2.75, 3.05) is 0 Å². The SMILES string of the molecule is NCc1c(Oc2cc([N+](=O)[O-])ccc2Br)nc2sccn12. The van der Waals surface area contributed by atoms with Gasteiger partial charge in [-0.1, -0.05) is 0 Å². The van der Waals surface area contributed by atoms with Crippen LogP contribution in [-0.2, 0) is 6.54 Å². The van der Waals surface area contributed by atoms with E-state index in [1.165, 1.54) is 23.5 Å². The third-order valence-electron chi connectivity index (χ3n) is 2.85. The summed E-state index contributed by atoms with van der Waals surface area (Å²) in [5, 5.41) is 12.7. The quantitative estimate of drug-likeness (QED) is 0.562. The van der Waals surface area contributed by atoms with E-state index in [2.05, 4.69) is 20.9 Å². The van der Waals surface area contributed by atoms with E-state index in [0.717, 1.165) is 4.96 Å². The molecule has 0 fully saturated rings. The molecule has 0 bridgehead atoms. The van der Waals surface area contributed by atoms with E-state index < -0.39 is 4.92 Å². The van der Waals surface area contributed by atoms with Crippen molar-refractivity contribution in [1.82, 2.24) is 9.38 Å². The summed E-state index contributed by atoms with van der Waals surface area (Å²) in [6.07, 6.45) is 1.85. The van der Waals surface area contributed by atoms with Crippen LogP contribution in [0.1, 0.15) is 5.69 Å². The second-order valence-electron chi connectivity index (χ2n) is 4.10. The van der Waals surface area contributed by atoms with E-state index in [9.17, 15) is 10.1 Å². The molecule has 2 N–H and O–H groups in total. The molecule has 0 aliphatic rings. The van der Waals surface area contributed by atoms with Gasteiger partial charge in [0.05, 0.1) is 15.5 Å². The lowest BCUT2D eigenvalue weighted by molar-refractivity contribution is -0.384. The van der Waals surface area contributed by atoms with Crippen LogP contribution in [0.15, 0.2) is 34.2 Å². The number of nitro benzene ring substituents is 1. The summed E-state index contributed by atoms with van der Waals surface area (Å²) in [7, 11) is 0. The van der Waals surface area contributed by atoms with Gasteiger partial charge in [0, 0.05) is 24.2 Å². The fourth-order valence-electron chi connectivity index (χ4n) is 1.87. The molecule has 9 heteroatoms. The summed E-state index contributed by atoms with van der Waals surface area (Å²) < 4.78 is 8.15. The Morgan fingerprint density at radius 3 is 3.05 bits per heavy atom. The molecule has 0 radical (unpaired) electrons. The maximum atomic E-state index is 10.8. The maximum absolute atomic E-state index is 10.8. The van der Waals surface area contributed by atoms with Crippen LogP contribution in [0.5, 0.6) is 11.6 Å². The number of nitro groups is 1. The van der Waals surface area contributed by atoms with Crippen LogP contribution >= 0.6 is 27.3 Å². The number of nitrogens with two attached hydrogens (primary N) is 1. The van der Waals surface area contributed by atoms with Gasteiger partial charge in [0.15, 0.2) is 10.7 Å². The highest BCUT2D eigenvalue weighted by Gasteiger charge is 2.17.